The molecule has 1 aromatic carbocycles. The molecule has 2 rings (SSSR count). The predicted molar refractivity (Wildman–Crippen MR) is 73.0 cm³/mol. The Morgan fingerprint density at radius 3 is 2.75 bits per heavy atom. The number of methoxy groups -OCH3 is 1. The number of rotatable bonds is 7. The third-order valence-corrected chi connectivity index (χ3v) is 3.30. The summed E-state index contributed by atoms with van der Waals surface area (Å²) in [5.41, 5.74) is 0.833. The van der Waals surface area contributed by atoms with E-state index in [1.54, 1.807) is 13.0 Å². The molecule has 0 amide bonds. The maximum atomic E-state index is 13.7. The number of hydrogen-bond donors (Lipinski definition) is 0. The number of halogens is 1. The van der Waals surface area contributed by atoms with E-state index in [0.717, 1.165) is 18.4 Å². The third-order valence-electron chi connectivity index (χ3n) is 3.30. The van der Waals surface area contributed by atoms with Gasteiger partial charge in [-0.25, -0.2) is 4.39 Å². The van der Waals surface area contributed by atoms with Crippen LogP contribution in [-0.2, 0) is 16.1 Å². The van der Waals surface area contributed by atoms with Crippen LogP contribution in [0.5, 0.6) is 5.75 Å². The quantitative estimate of drug-likeness (QED) is 0.719. The molecular formula is C15H20FNO3. The summed E-state index contributed by atoms with van der Waals surface area (Å²) in [7, 11) is 1.44. The highest BCUT2D eigenvalue weighted by Crippen LogP contribution is 2.29. The van der Waals surface area contributed by atoms with E-state index >= 15 is 0 Å². The zero-order valence-corrected chi connectivity index (χ0v) is 11.9. The van der Waals surface area contributed by atoms with Crippen LogP contribution in [0.2, 0.25) is 0 Å². The lowest BCUT2D eigenvalue weighted by atomic mass is 10.2. The molecule has 0 atom stereocenters. The van der Waals surface area contributed by atoms with E-state index in [2.05, 4.69) is 0 Å². The van der Waals surface area contributed by atoms with Gasteiger partial charge in [-0.1, -0.05) is 6.07 Å². The van der Waals surface area contributed by atoms with Crippen molar-refractivity contribution in [2.24, 2.45) is 0 Å². The van der Waals surface area contributed by atoms with Crippen molar-refractivity contribution in [3.8, 4) is 5.75 Å². The van der Waals surface area contributed by atoms with Crippen LogP contribution in [0.1, 0.15) is 25.3 Å². The van der Waals surface area contributed by atoms with Gasteiger partial charge in [0.15, 0.2) is 11.6 Å². The molecule has 0 spiro atoms. The minimum Gasteiger partial charge on any atom is -0.494 e. The second-order valence-corrected chi connectivity index (χ2v) is 4.91. The van der Waals surface area contributed by atoms with Crippen LogP contribution in [0, 0.1) is 5.82 Å². The summed E-state index contributed by atoms with van der Waals surface area (Å²) in [6, 6.07) is 5.30. The Balaban J connectivity index is 2.00. The van der Waals surface area contributed by atoms with Gasteiger partial charge in [0.1, 0.15) is 0 Å². The number of ether oxygens (including phenoxy) is 2. The Labute approximate surface area is 118 Å². The number of carbonyl (C=O) groups excluding carboxylic acids is 1. The van der Waals surface area contributed by atoms with Crippen molar-refractivity contribution in [1.82, 2.24) is 4.90 Å². The van der Waals surface area contributed by atoms with Crippen molar-refractivity contribution in [2.75, 3.05) is 20.3 Å². The van der Waals surface area contributed by atoms with Crippen LogP contribution in [0.25, 0.3) is 0 Å². The molecule has 0 aromatic heterocycles. The summed E-state index contributed by atoms with van der Waals surface area (Å²) >= 11 is 0. The summed E-state index contributed by atoms with van der Waals surface area (Å²) in [6.45, 7) is 2.98. The van der Waals surface area contributed by atoms with E-state index in [0.29, 0.717) is 19.2 Å². The Hall–Kier alpha value is -1.62. The Morgan fingerprint density at radius 1 is 1.45 bits per heavy atom. The fourth-order valence-electron chi connectivity index (χ4n) is 2.17. The molecule has 0 N–H and O–H groups in total. The zero-order chi connectivity index (χ0) is 14.5. The fourth-order valence-corrected chi connectivity index (χ4v) is 2.17. The smallest absolute Gasteiger partial charge is 0.320 e. The summed E-state index contributed by atoms with van der Waals surface area (Å²) < 4.78 is 23.5. The van der Waals surface area contributed by atoms with Gasteiger partial charge >= 0.3 is 5.97 Å². The van der Waals surface area contributed by atoms with Gasteiger partial charge in [0.2, 0.25) is 0 Å². The number of hydrogen-bond acceptors (Lipinski definition) is 4. The number of nitrogens with zero attached hydrogens (tertiary/aromatic N) is 1. The van der Waals surface area contributed by atoms with Crippen LogP contribution in [0.15, 0.2) is 18.2 Å². The molecule has 1 saturated carbocycles. The van der Waals surface area contributed by atoms with Gasteiger partial charge in [0.25, 0.3) is 0 Å². The van der Waals surface area contributed by atoms with Gasteiger partial charge in [0.05, 0.1) is 20.3 Å². The molecule has 0 saturated heterocycles. The lowest BCUT2D eigenvalue weighted by Crippen LogP contribution is -2.32. The molecule has 0 bridgehead atoms. The van der Waals surface area contributed by atoms with Crippen LogP contribution >= 0.6 is 0 Å². The molecule has 0 radical (unpaired) electrons. The summed E-state index contributed by atoms with van der Waals surface area (Å²) in [4.78, 5) is 13.6. The molecule has 110 valence electrons. The zero-order valence-electron chi connectivity index (χ0n) is 11.9. The first-order valence-electron chi connectivity index (χ1n) is 6.86. The largest absolute Gasteiger partial charge is 0.494 e. The summed E-state index contributed by atoms with van der Waals surface area (Å²) in [5.74, 6) is -0.373. The van der Waals surface area contributed by atoms with Crippen LogP contribution < -0.4 is 4.74 Å². The molecule has 1 aliphatic carbocycles. The van der Waals surface area contributed by atoms with Crippen LogP contribution in [0.4, 0.5) is 4.39 Å². The van der Waals surface area contributed by atoms with Gasteiger partial charge in [-0.15, -0.1) is 0 Å². The molecule has 5 heteroatoms. The van der Waals surface area contributed by atoms with E-state index in [4.69, 9.17) is 9.47 Å². The van der Waals surface area contributed by atoms with Crippen LogP contribution in [0.3, 0.4) is 0 Å². The van der Waals surface area contributed by atoms with Crippen molar-refractivity contribution in [3.63, 3.8) is 0 Å². The lowest BCUT2D eigenvalue weighted by molar-refractivity contribution is -0.144. The minimum atomic E-state index is -0.378. The van der Waals surface area contributed by atoms with Gasteiger partial charge in [-0.3, -0.25) is 9.69 Å². The standard InChI is InChI=1S/C15H20FNO3/c1-3-20-15(18)10-17(12-5-6-12)9-11-4-7-14(19-2)13(16)8-11/h4,7-8,12H,3,5-6,9-10H2,1-2H3. The highest BCUT2D eigenvalue weighted by Gasteiger charge is 2.30. The minimum absolute atomic E-state index is 0.228. The number of carbonyl (C=O) groups is 1. The molecule has 4 nitrogen and oxygen atoms in total. The van der Waals surface area contributed by atoms with Crippen molar-refractivity contribution < 1.29 is 18.7 Å². The molecular weight excluding hydrogens is 261 g/mol. The highest BCUT2D eigenvalue weighted by molar-refractivity contribution is 5.71. The van der Waals surface area contributed by atoms with Crippen molar-refractivity contribution in [2.45, 2.75) is 32.4 Å². The van der Waals surface area contributed by atoms with E-state index in [-0.39, 0.29) is 24.1 Å². The van der Waals surface area contributed by atoms with E-state index < -0.39 is 0 Å². The van der Waals surface area contributed by atoms with Gasteiger partial charge in [-0.2, -0.15) is 0 Å². The fraction of sp³-hybridized carbons (Fsp3) is 0.533. The second kappa shape index (κ2) is 6.70. The average molecular weight is 281 g/mol. The molecule has 20 heavy (non-hydrogen) atoms. The molecule has 0 unspecified atom stereocenters. The Morgan fingerprint density at radius 2 is 2.20 bits per heavy atom. The normalized spacial score (nSPS) is 14.4. The maximum absolute atomic E-state index is 13.7. The first-order valence-corrected chi connectivity index (χ1v) is 6.86. The lowest BCUT2D eigenvalue weighted by Gasteiger charge is -2.21. The summed E-state index contributed by atoms with van der Waals surface area (Å²) in [5, 5.41) is 0. The topological polar surface area (TPSA) is 38.8 Å². The van der Waals surface area contributed by atoms with Crippen molar-refractivity contribution in [1.29, 1.82) is 0 Å². The Kier molecular flexibility index (Phi) is 4.95. The highest BCUT2D eigenvalue weighted by atomic mass is 19.1. The molecule has 1 fully saturated rings. The average Bonchev–Trinajstić information content (AvgIpc) is 3.23. The monoisotopic (exact) mass is 281 g/mol. The second-order valence-electron chi connectivity index (χ2n) is 4.91. The van der Waals surface area contributed by atoms with Crippen LogP contribution in [-0.4, -0.2) is 37.2 Å². The first kappa shape index (κ1) is 14.8. The molecule has 1 aliphatic rings. The molecule has 0 heterocycles. The molecule has 1 aromatic rings. The van der Waals surface area contributed by atoms with Gasteiger partial charge in [0, 0.05) is 12.6 Å². The van der Waals surface area contributed by atoms with E-state index in [9.17, 15) is 9.18 Å². The van der Waals surface area contributed by atoms with E-state index in [1.165, 1.54) is 13.2 Å². The third kappa shape index (κ3) is 3.93. The van der Waals surface area contributed by atoms with Crippen molar-refractivity contribution in [3.05, 3.63) is 29.6 Å². The Bertz CT molecular complexity index is 474. The number of esters is 1. The first-order chi connectivity index (χ1) is 9.63. The SMILES string of the molecule is CCOC(=O)CN(Cc1ccc(OC)c(F)c1)C1CC1. The van der Waals surface area contributed by atoms with Crippen molar-refractivity contribution >= 4 is 5.97 Å². The van der Waals surface area contributed by atoms with Gasteiger partial charge in [-0.05, 0) is 37.5 Å². The summed E-state index contributed by atoms with van der Waals surface area (Å²) in [6.07, 6.45) is 2.16. The van der Waals surface area contributed by atoms with Gasteiger partial charge < -0.3 is 9.47 Å². The van der Waals surface area contributed by atoms with E-state index in [1.807, 2.05) is 11.0 Å². The number of benzene rings is 1. The maximum Gasteiger partial charge on any atom is 0.320 e. The predicted octanol–water partition coefficient (Wildman–Crippen LogP) is 2.36. The molecule has 0 aliphatic heterocycles.